The van der Waals surface area contributed by atoms with E-state index in [1.165, 1.54) is 0 Å². The molecule has 1 saturated heterocycles. The number of piperazine rings is 1. The first-order chi connectivity index (χ1) is 16.1. The van der Waals surface area contributed by atoms with Crippen LogP contribution in [0, 0.1) is 0 Å². The van der Waals surface area contributed by atoms with E-state index in [0.717, 1.165) is 61.7 Å². The summed E-state index contributed by atoms with van der Waals surface area (Å²) in [6, 6.07) is 12.1. The third kappa shape index (κ3) is 5.95. The Labute approximate surface area is 193 Å². The van der Waals surface area contributed by atoms with Gasteiger partial charge < -0.3 is 5.11 Å². The zero-order valence-corrected chi connectivity index (χ0v) is 18.8. The molecule has 2 aliphatic rings. The molecule has 1 atom stereocenters. The Morgan fingerprint density at radius 2 is 2.03 bits per heavy atom. The zero-order chi connectivity index (χ0) is 23.0. The summed E-state index contributed by atoms with van der Waals surface area (Å²) in [5.74, 6) is -0.777. The lowest BCUT2D eigenvalue weighted by Gasteiger charge is -2.35. The number of rotatable bonds is 9. The van der Waals surface area contributed by atoms with E-state index in [1.54, 1.807) is 12.4 Å². The number of aromatic nitrogens is 1. The number of nitrogens with one attached hydrogen (secondary N) is 1. The van der Waals surface area contributed by atoms with Gasteiger partial charge in [0, 0.05) is 62.8 Å². The lowest BCUT2D eigenvalue weighted by molar-refractivity contribution is -0.138. The Morgan fingerprint density at radius 3 is 2.76 bits per heavy atom. The monoisotopic (exact) mass is 450 g/mol. The van der Waals surface area contributed by atoms with Crippen LogP contribution in [0.15, 0.2) is 60.1 Å². The van der Waals surface area contributed by atoms with Crippen LogP contribution < -0.4 is 10.5 Å². The number of carbonyl (C=O) groups is 1. The maximum absolute atomic E-state index is 10.9. The molecule has 1 unspecified atom stereocenters. The summed E-state index contributed by atoms with van der Waals surface area (Å²) in [7, 11) is 0. The molecule has 3 heterocycles. The molecule has 2 N–H and O–H groups in total. The van der Waals surface area contributed by atoms with E-state index in [1.807, 2.05) is 46.6 Å². The number of hydrogen-bond acceptors (Lipinski definition) is 8. The number of carboxylic acids is 1. The first kappa shape index (κ1) is 22.9. The minimum atomic E-state index is -0.777. The zero-order valence-electron chi connectivity index (χ0n) is 18.8. The van der Waals surface area contributed by atoms with Gasteiger partial charge >= 0.3 is 5.97 Å². The quantitative estimate of drug-likeness (QED) is 0.442. The number of hydrazone groups is 1. The fourth-order valence-corrected chi connectivity index (χ4v) is 4.12. The van der Waals surface area contributed by atoms with Crippen LogP contribution in [-0.4, -0.2) is 84.0 Å². The minimum absolute atomic E-state index is 0.0982. The van der Waals surface area contributed by atoms with Gasteiger partial charge in [-0.3, -0.25) is 34.9 Å². The highest BCUT2D eigenvalue weighted by atomic mass is 16.7. The summed E-state index contributed by atoms with van der Waals surface area (Å²) in [5, 5.41) is 15.6. The summed E-state index contributed by atoms with van der Waals surface area (Å²) in [4.78, 5) is 25.3. The number of pyridine rings is 1. The van der Waals surface area contributed by atoms with Gasteiger partial charge in [0.15, 0.2) is 0 Å². The number of anilines is 1. The lowest BCUT2D eigenvalue weighted by atomic mass is 9.96. The molecule has 9 heteroatoms. The summed E-state index contributed by atoms with van der Waals surface area (Å²) in [6.45, 7) is 6.75. The normalized spacial score (nSPS) is 19.4. The molecule has 0 saturated carbocycles. The van der Waals surface area contributed by atoms with Gasteiger partial charge in [-0.15, -0.1) is 0 Å². The van der Waals surface area contributed by atoms with Gasteiger partial charge in [-0.05, 0) is 24.6 Å². The van der Waals surface area contributed by atoms with Crippen LogP contribution in [0.3, 0.4) is 0 Å². The lowest BCUT2D eigenvalue weighted by Crippen LogP contribution is -2.50. The first-order valence-electron chi connectivity index (χ1n) is 11.2. The van der Waals surface area contributed by atoms with Crippen molar-refractivity contribution in [3.05, 3.63) is 66.1 Å². The molecule has 0 bridgehead atoms. The summed E-state index contributed by atoms with van der Waals surface area (Å²) < 4.78 is 0. The second-order valence-corrected chi connectivity index (χ2v) is 8.05. The van der Waals surface area contributed by atoms with Crippen molar-refractivity contribution in [2.24, 2.45) is 5.10 Å². The number of aliphatic carboxylic acids is 1. The molecule has 33 heavy (non-hydrogen) atoms. The highest BCUT2D eigenvalue weighted by Crippen LogP contribution is 2.27. The van der Waals surface area contributed by atoms with Crippen LogP contribution in [-0.2, 0) is 9.63 Å². The van der Waals surface area contributed by atoms with Crippen molar-refractivity contribution in [3.63, 3.8) is 0 Å². The summed E-state index contributed by atoms with van der Waals surface area (Å²) in [5.41, 5.74) is 7.04. The van der Waals surface area contributed by atoms with E-state index in [0.29, 0.717) is 0 Å². The van der Waals surface area contributed by atoms with Gasteiger partial charge in [0.1, 0.15) is 6.10 Å². The Kier molecular flexibility index (Phi) is 7.66. The fourth-order valence-electron chi connectivity index (χ4n) is 4.12. The fraction of sp³-hybridized carbons (Fsp3) is 0.375. The average molecular weight is 451 g/mol. The highest BCUT2D eigenvalue weighted by Gasteiger charge is 2.28. The average Bonchev–Trinajstić information content (AvgIpc) is 3.29. The van der Waals surface area contributed by atoms with Crippen molar-refractivity contribution in [2.45, 2.75) is 13.0 Å². The molecular weight excluding hydrogens is 420 g/mol. The topological polar surface area (TPSA) is 93.5 Å². The smallest absolute Gasteiger partial charge is 0.317 e. The van der Waals surface area contributed by atoms with Crippen LogP contribution >= 0.6 is 0 Å². The van der Waals surface area contributed by atoms with Crippen molar-refractivity contribution in [3.8, 4) is 0 Å². The second kappa shape index (κ2) is 11.0. The predicted molar refractivity (Wildman–Crippen MR) is 128 cm³/mol. The molecule has 1 fully saturated rings. The van der Waals surface area contributed by atoms with E-state index in [2.05, 4.69) is 34.4 Å². The van der Waals surface area contributed by atoms with Crippen molar-refractivity contribution in [1.82, 2.24) is 20.3 Å². The second-order valence-electron chi connectivity index (χ2n) is 8.05. The molecule has 2 aromatic rings. The molecule has 9 nitrogen and oxygen atoms in total. The molecule has 0 radical (unpaired) electrons. The van der Waals surface area contributed by atoms with Crippen LogP contribution in [0.2, 0.25) is 0 Å². The number of hydroxylamine groups is 1. The number of nitrogens with zero attached hydrogens (tertiary/aromatic N) is 5. The van der Waals surface area contributed by atoms with Gasteiger partial charge in [-0.1, -0.05) is 24.3 Å². The minimum Gasteiger partial charge on any atom is -0.480 e. The number of carboxylic acid groups (broad SMARTS) is 1. The van der Waals surface area contributed by atoms with Gasteiger partial charge in [0.25, 0.3) is 0 Å². The van der Waals surface area contributed by atoms with E-state index >= 15 is 0 Å². The Hall–Kier alpha value is -3.27. The molecular formula is C24H30N6O3. The van der Waals surface area contributed by atoms with Gasteiger partial charge in [-0.25, -0.2) is 0 Å². The molecule has 0 aliphatic carbocycles. The van der Waals surface area contributed by atoms with Gasteiger partial charge in [-0.2, -0.15) is 5.10 Å². The van der Waals surface area contributed by atoms with Crippen molar-refractivity contribution in [2.75, 3.05) is 50.8 Å². The largest absolute Gasteiger partial charge is 0.480 e. The third-order valence-corrected chi connectivity index (χ3v) is 5.87. The Bertz CT molecular complexity index is 989. The van der Waals surface area contributed by atoms with Crippen LogP contribution in [0.25, 0.3) is 5.57 Å². The first-order valence-corrected chi connectivity index (χ1v) is 11.2. The predicted octanol–water partition coefficient (Wildman–Crippen LogP) is 1.89. The summed E-state index contributed by atoms with van der Waals surface area (Å²) in [6.07, 6.45) is 7.23. The van der Waals surface area contributed by atoms with Gasteiger partial charge in [0.2, 0.25) is 0 Å². The molecule has 1 aromatic carbocycles. The van der Waals surface area contributed by atoms with E-state index in [4.69, 9.17) is 15.0 Å². The van der Waals surface area contributed by atoms with E-state index in [-0.39, 0.29) is 12.6 Å². The number of benzene rings is 1. The Morgan fingerprint density at radius 1 is 1.24 bits per heavy atom. The van der Waals surface area contributed by atoms with Gasteiger partial charge in [0.05, 0.1) is 24.6 Å². The standard InChI is InChI=1S/C24H30N6O3/c1-2-30(20-7-5-9-25-15-20)26-14-19-6-3-4-8-21(19)22-16-27-33-23(22)17-28-10-12-29(13-11-28)18-24(31)32/h3-9,14-16,23,27H,2,10-13,17-18H2,1H3,(H,31,32). The maximum Gasteiger partial charge on any atom is 0.317 e. The van der Waals surface area contributed by atoms with Crippen LogP contribution in [0.1, 0.15) is 18.1 Å². The third-order valence-electron chi connectivity index (χ3n) is 5.87. The molecule has 0 amide bonds. The molecule has 2 aliphatic heterocycles. The summed E-state index contributed by atoms with van der Waals surface area (Å²) >= 11 is 0. The van der Waals surface area contributed by atoms with Crippen molar-refractivity contribution < 1.29 is 14.7 Å². The highest BCUT2D eigenvalue weighted by molar-refractivity contribution is 5.90. The molecule has 1 aromatic heterocycles. The van der Waals surface area contributed by atoms with Crippen LogP contribution in [0.4, 0.5) is 5.69 Å². The maximum atomic E-state index is 10.9. The van der Waals surface area contributed by atoms with Crippen molar-refractivity contribution in [1.29, 1.82) is 0 Å². The van der Waals surface area contributed by atoms with E-state index in [9.17, 15) is 4.79 Å². The number of hydrogen-bond donors (Lipinski definition) is 2. The van der Waals surface area contributed by atoms with Crippen molar-refractivity contribution >= 4 is 23.4 Å². The Balaban J connectivity index is 1.44. The van der Waals surface area contributed by atoms with Crippen LogP contribution in [0.5, 0.6) is 0 Å². The molecule has 0 spiro atoms. The molecule has 4 rings (SSSR count). The SMILES string of the molecule is CCN(N=Cc1ccccc1C1=CNOC1CN1CCN(CC(=O)O)CC1)c1cccnc1. The van der Waals surface area contributed by atoms with E-state index < -0.39 is 5.97 Å². The molecule has 174 valence electrons.